The topological polar surface area (TPSA) is 15.3 Å². The molecule has 4 heteroatoms. The lowest BCUT2D eigenvalue weighted by Crippen LogP contribution is -2.45. The number of aryl methyl sites for hydroxylation is 1. The van der Waals surface area contributed by atoms with E-state index in [1.54, 1.807) is 6.07 Å². The van der Waals surface area contributed by atoms with Crippen molar-refractivity contribution < 1.29 is 4.39 Å². The van der Waals surface area contributed by atoms with Crippen molar-refractivity contribution in [3.63, 3.8) is 0 Å². The molecule has 0 aliphatic carbocycles. The van der Waals surface area contributed by atoms with E-state index in [9.17, 15) is 4.39 Å². The highest BCUT2D eigenvalue weighted by Crippen LogP contribution is 2.27. The molecule has 1 aliphatic rings. The highest BCUT2D eigenvalue weighted by molar-refractivity contribution is 5.85. The molecule has 0 spiro atoms. The van der Waals surface area contributed by atoms with E-state index in [-0.39, 0.29) is 24.3 Å². The summed E-state index contributed by atoms with van der Waals surface area (Å²) in [6.07, 6.45) is 0.958. The van der Waals surface area contributed by atoms with Gasteiger partial charge in [-0.05, 0) is 25.0 Å². The maximum Gasteiger partial charge on any atom is 0.128 e. The van der Waals surface area contributed by atoms with E-state index in [0.29, 0.717) is 0 Å². The third-order valence-electron chi connectivity index (χ3n) is 3.49. The first-order valence-electron chi connectivity index (χ1n) is 6.43. The van der Waals surface area contributed by atoms with Gasteiger partial charge in [-0.25, -0.2) is 4.39 Å². The minimum Gasteiger partial charge on any atom is -0.314 e. The van der Waals surface area contributed by atoms with Crippen LogP contribution in [0.5, 0.6) is 0 Å². The van der Waals surface area contributed by atoms with E-state index in [0.717, 1.165) is 43.7 Å². The predicted molar refractivity (Wildman–Crippen MR) is 75.9 cm³/mol. The highest BCUT2D eigenvalue weighted by atomic mass is 35.5. The Labute approximate surface area is 115 Å². The van der Waals surface area contributed by atoms with E-state index in [4.69, 9.17) is 0 Å². The molecule has 102 valence electrons. The Morgan fingerprint density at radius 3 is 2.56 bits per heavy atom. The van der Waals surface area contributed by atoms with Crippen LogP contribution in [0.3, 0.4) is 0 Å². The first-order chi connectivity index (χ1) is 8.22. The molecular weight excluding hydrogens is 251 g/mol. The molecule has 2 nitrogen and oxygen atoms in total. The lowest BCUT2D eigenvalue weighted by molar-refractivity contribution is 0.166. The van der Waals surface area contributed by atoms with Crippen LogP contribution < -0.4 is 5.32 Å². The molecule has 1 atom stereocenters. The molecule has 1 fully saturated rings. The fourth-order valence-electron chi connectivity index (χ4n) is 2.57. The molecule has 1 aromatic rings. The van der Waals surface area contributed by atoms with Crippen LogP contribution in [0.4, 0.5) is 4.39 Å². The Morgan fingerprint density at radius 2 is 2.00 bits per heavy atom. The molecule has 0 unspecified atom stereocenters. The Kier molecular flexibility index (Phi) is 6.06. The molecular formula is C14H22ClFN2. The molecule has 1 saturated heterocycles. The van der Waals surface area contributed by atoms with Gasteiger partial charge in [0.25, 0.3) is 0 Å². The molecule has 1 aliphatic heterocycles. The van der Waals surface area contributed by atoms with E-state index in [1.165, 1.54) is 0 Å². The highest BCUT2D eigenvalue weighted by Gasteiger charge is 2.22. The van der Waals surface area contributed by atoms with Crippen LogP contribution in [-0.2, 0) is 0 Å². The average molecular weight is 273 g/mol. The number of hydrogen-bond donors (Lipinski definition) is 1. The number of benzene rings is 1. The van der Waals surface area contributed by atoms with Crippen molar-refractivity contribution in [2.45, 2.75) is 26.3 Å². The fourth-order valence-corrected chi connectivity index (χ4v) is 2.57. The largest absolute Gasteiger partial charge is 0.314 e. The molecule has 1 aromatic carbocycles. The van der Waals surface area contributed by atoms with Gasteiger partial charge in [-0.3, -0.25) is 4.90 Å². The van der Waals surface area contributed by atoms with Gasteiger partial charge < -0.3 is 5.32 Å². The van der Waals surface area contributed by atoms with Crippen LogP contribution in [0.1, 0.15) is 30.5 Å². The summed E-state index contributed by atoms with van der Waals surface area (Å²) in [7, 11) is 0. The van der Waals surface area contributed by atoms with Crippen LogP contribution in [0.2, 0.25) is 0 Å². The van der Waals surface area contributed by atoms with Crippen molar-refractivity contribution in [2.24, 2.45) is 0 Å². The lowest BCUT2D eigenvalue weighted by atomic mass is 10.00. The number of rotatable bonds is 3. The normalized spacial score (nSPS) is 18.2. The van der Waals surface area contributed by atoms with Gasteiger partial charge in [0.05, 0.1) is 0 Å². The van der Waals surface area contributed by atoms with E-state index >= 15 is 0 Å². The van der Waals surface area contributed by atoms with Crippen LogP contribution in [0.25, 0.3) is 0 Å². The maximum absolute atomic E-state index is 14.0. The van der Waals surface area contributed by atoms with Gasteiger partial charge in [-0.2, -0.15) is 0 Å². The van der Waals surface area contributed by atoms with Gasteiger partial charge in [0.15, 0.2) is 0 Å². The minimum absolute atomic E-state index is 0. The van der Waals surface area contributed by atoms with E-state index in [2.05, 4.69) is 17.1 Å². The molecule has 0 saturated carbocycles. The predicted octanol–water partition coefficient (Wildman–Crippen LogP) is 2.91. The van der Waals surface area contributed by atoms with Gasteiger partial charge in [0.1, 0.15) is 5.82 Å². The van der Waals surface area contributed by atoms with Crippen molar-refractivity contribution in [1.29, 1.82) is 0 Å². The number of halogens is 2. The van der Waals surface area contributed by atoms with E-state index in [1.807, 2.05) is 19.1 Å². The first kappa shape index (κ1) is 15.4. The zero-order valence-corrected chi connectivity index (χ0v) is 11.9. The molecule has 18 heavy (non-hydrogen) atoms. The zero-order valence-electron chi connectivity index (χ0n) is 11.1. The number of piperazine rings is 1. The summed E-state index contributed by atoms with van der Waals surface area (Å²) in [5, 5.41) is 3.33. The van der Waals surface area contributed by atoms with Gasteiger partial charge in [0.2, 0.25) is 0 Å². The fraction of sp³-hybridized carbons (Fsp3) is 0.571. The van der Waals surface area contributed by atoms with Gasteiger partial charge >= 0.3 is 0 Å². The number of hydrogen-bond acceptors (Lipinski definition) is 2. The summed E-state index contributed by atoms with van der Waals surface area (Å²) in [6, 6.07) is 5.81. The summed E-state index contributed by atoms with van der Waals surface area (Å²) in [5.74, 6) is -0.0598. The molecule has 1 N–H and O–H groups in total. The second-order valence-electron chi connectivity index (χ2n) is 4.73. The quantitative estimate of drug-likeness (QED) is 0.910. The standard InChI is InChI=1S/C14H21FN2.ClH/c1-3-14(17-8-6-16-7-9-17)12-5-4-11(2)10-13(12)15;/h4-5,10,14,16H,3,6-9H2,1-2H3;1H/t14-;/m1./s1. The molecule has 2 rings (SSSR count). The molecule has 0 radical (unpaired) electrons. The van der Waals surface area contributed by atoms with Gasteiger partial charge in [0, 0.05) is 37.8 Å². The summed E-state index contributed by atoms with van der Waals surface area (Å²) in [5.41, 5.74) is 1.83. The second-order valence-corrected chi connectivity index (χ2v) is 4.73. The van der Waals surface area contributed by atoms with Crippen LogP contribution in [0, 0.1) is 12.7 Å². The third kappa shape index (κ3) is 3.44. The van der Waals surface area contributed by atoms with E-state index < -0.39 is 0 Å². The monoisotopic (exact) mass is 272 g/mol. The van der Waals surface area contributed by atoms with Gasteiger partial charge in [-0.15, -0.1) is 12.4 Å². The third-order valence-corrected chi connectivity index (χ3v) is 3.49. The maximum atomic E-state index is 14.0. The minimum atomic E-state index is -0.0598. The van der Waals surface area contributed by atoms with Crippen LogP contribution in [-0.4, -0.2) is 31.1 Å². The second kappa shape index (κ2) is 7.07. The van der Waals surface area contributed by atoms with Crippen molar-refractivity contribution in [3.8, 4) is 0 Å². The molecule has 0 aromatic heterocycles. The SMILES string of the molecule is CC[C@H](c1ccc(C)cc1F)N1CCNCC1.Cl. The Morgan fingerprint density at radius 1 is 1.33 bits per heavy atom. The Hall–Kier alpha value is -0.640. The lowest BCUT2D eigenvalue weighted by Gasteiger charge is -2.34. The summed E-state index contributed by atoms with van der Waals surface area (Å²) in [6.45, 7) is 8.08. The van der Waals surface area contributed by atoms with Crippen molar-refractivity contribution in [1.82, 2.24) is 10.2 Å². The Bertz CT molecular complexity index is 378. The smallest absolute Gasteiger partial charge is 0.128 e. The van der Waals surface area contributed by atoms with Crippen molar-refractivity contribution >= 4 is 12.4 Å². The van der Waals surface area contributed by atoms with Gasteiger partial charge in [-0.1, -0.05) is 19.1 Å². The average Bonchev–Trinajstić information content (AvgIpc) is 2.34. The molecule has 0 bridgehead atoms. The molecule has 0 amide bonds. The van der Waals surface area contributed by atoms with Crippen LogP contribution >= 0.6 is 12.4 Å². The number of nitrogens with zero attached hydrogens (tertiary/aromatic N) is 1. The first-order valence-corrected chi connectivity index (χ1v) is 6.43. The van der Waals surface area contributed by atoms with Crippen molar-refractivity contribution in [3.05, 3.63) is 35.1 Å². The van der Waals surface area contributed by atoms with Crippen molar-refractivity contribution in [2.75, 3.05) is 26.2 Å². The summed E-state index contributed by atoms with van der Waals surface area (Å²) in [4.78, 5) is 2.38. The number of nitrogens with one attached hydrogen (secondary N) is 1. The Balaban J connectivity index is 0.00000162. The zero-order chi connectivity index (χ0) is 12.3. The summed E-state index contributed by atoms with van der Waals surface area (Å²) >= 11 is 0. The molecule has 1 heterocycles. The van der Waals surface area contributed by atoms with Crippen LogP contribution in [0.15, 0.2) is 18.2 Å². The summed E-state index contributed by atoms with van der Waals surface area (Å²) < 4.78 is 14.0.